The molecule has 2 N–H and O–H groups in total. The van der Waals surface area contributed by atoms with Gasteiger partial charge in [-0.3, -0.25) is 14.6 Å². The maximum Gasteiger partial charge on any atom is 0.232 e. The summed E-state index contributed by atoms with van der Waals surface area (Å²) in [5.74, 6) is 1.03. The number of benzene rings is 1. The third-order valence-corrected chi connectivity index (χ3v) is 7.03. The quantitative estimate of drug-likeness (QED) is 0.359. The molecule has 0 bridgehead atoms. The van der Waals surface area contributed by atoms with Crippen LogP contribution in [0.15, 0.2) is 66.9 Å². The van der Waals surface area contributed by atoms with E-state index in [2.05, 4.69) is 36.0 Å². The zero-order valence-electron chi connectivity index (χ0n) is 19.5. The van der Waals surface area contributed by atoms with Crippen LogP contribution >= 0.6 is 11.3 Å². The van der Waals surface area contributed by atoms with E-state index in [0.717, 1.165) is 35.5 Å². The van der Waals surface area contributed by atoms with E-state index in [1.54, 1.807) is 12.3 Å². The second-order valence-corrected chi connectivity index (χ2v) is 9.86. The fraction of sp³-hybridized carbons (Fsp3) is 0.269. The summed E-state index contributed by atoms with van der Waals surface area (Å²) in [5.41, 5.74) is 2.57. The largest absolute Gasteiger partial charge is 0.309 e. The van der Waals surface area contributed by atoms with Crippen LogP contribution in [-0.2, 0) is 28.9 Å². The van der Waals surface area contributed by atoms with Gasteiger partial charge in [-0.1, -0.05) is 47.7 Å². The summed E-state index contributed by atoms with van der Waals surface area (Å²) in [7, 11) is 0. The van der Waals surface area contributed by atoms with Crippen LogP contribution in [0.1, 0.15) is 40.7 Å². The number of carbonyl (C=O) groups excluding carboxylic acids is 2. The molecular weight excluding hydrogens is 474 g/mol. The first-order chi connectivity index (χ1) is 17.6. The summed E-state index contributed by atoms with van der Waals surface area (Å²) in [6.45, 7) is 0. The number of nitrogens with zero attached hydrogens (tertiary/aromatic N) is 5. The highest BCUT2D eigenvalue weighted by Gasteiger charge is 2.33. The minimum Gasteiger partial charge on any atom is -0.309 e. The van der Waals surface area contributed by atoms with Crippen LogP contribution in [0.4, 0.5) is 10.9 Å². The molecule has 0 atom stereocenters. The molecule has 4 aromatic rings. The Hall–Kier alpha value is -4.05. The average Bonchev–Trinajstić information content (AvgIpc) is 3.31. The summed E-state index contributed by atoms with van der Waals surface area (Å²) >= 11 is 1.43. The third-order valence-electron chi connectivity index (χ3n) is 6.03. The summed E-state index contributed by atoms with van der Waals surface area (Å²) < 4.78 is 0. The Kier molecular flexibility index (Phi) is 7.32. The van der Waals surface area contributed by atoms with E-state index in [1.807, 2.05) is 54.6 Å². The van der Waals surface area contributed by atoms with Crippen molar-refractivity contribution in [1.29, 1.82) is 0 Å². The first kappa shape index (κ1) is 23.7. The highest BCUT2D eigenvalue weighted by Crippen LogP contribution is 2.44. The van der Waals surface area contributed by atoms with Gasteiger partial charge in [0.1, 0.15) is 5.01 Å². The molecular formula is C26H25N7O2S. The van der Waals surface area contributed by atoms with Crippen LogP contribution in [0.25, 0.3) is 0 Å². The van der Waals surface area contributed by atoms with Gasteiger partial charge >= 0.3 is 0 Å². The monoisotopic (exact) mass is 499 g/mol. The first-order valence-electron chi connectivity index (χ1n) is 11.8. The molecule has 3 aromatic heterocycles. The van der Waals surface area contributed by atoms with Crippen molar-refractivity contribution >= 4 is 34.1 Å². The number of carbonyl (C=O) groups is 2. The Morgan fingerprint density at radius 2 is 1.61 bits per heavy atom. The molecule has 10 heteroatoms. The molecule has 3 heterocycles. The van der Waals surface area contributed by atoms with Crippen LogP contribution < -0.4 is 10.6 Å². The fourth-order valence-electron chi connectivity index (χ4n) is 4.18. The summed E-state index contributed by atoms with van der Waals surface area (Å²) in [4.78, 5) is 28.6. The molecule has 1 aliphatic carbocycles. The number of hydrogen-bond donors (Lipinski definition) is 2. The van der Waals surface area contributed by atoms with Gasteiger partial charge in [-0.25, -0.2) is 0 Å². The summed E-state index contributed by atoms with van der Waals surface area (Å²) in [6, 6.07) is 18.8. The van der Waals surface area contributed by atoms with E-state index in [-0.39, 0.29) is 18.2 Å². The van der Waals surface area contributed by atoms with Crippen molar-refractivity contribution in [2.45, 2.75) is 38.0 Å². The minimum absolute atomic E-state index is 0.116. The van der Waals surface area contributed by atoms with E-state index in [9.17, 15) is 9.59 Å². The van der Waals surface area contributed by atoms with Gasteiger partial charge in [0, 0.05) is 17.8 Å². The van der Waals surface area contributed by atoms with Crippen LogP contribution in [0, 0.1) is 5.92 Å². The van der Waals surface area contributed by atoms with E-state index >= 15 is 0 Å². The van der Waals surface area contributed by atoms with Crippen molar-refractivity contribution in [3.8, 4) is 0 Å². The zero-order chi connectivity index (χ0) is 24.7. The number of amides is 2. The van der Waals surface area contributed by atoms with Gasteiger partial charge in [0.15, 0.2) is 5.82 Å². The van der Waals surface area contributed by atoms with Gasteiger partial charge in [0.2, 0.25) is 16.9 Å². The highest BCUT2D eigenvalue weighted by molar-refractivity contribution is 7.15. The molecule has 0 radical (unpaired) electrons. The second kappa shape index (κ2) is 11.1. The minimum atomic E-state index is -0.152. The predicted molar refractivity (Wildman–Crippen MR) is 136 cm³/mol. The van der Waals surface area contributed by atoms with Gasteiger partial charge < -0.3 is 10.6 Å². The number of anilines is 2. The molecule has 1 aromatic carbocycles. The Bertz CT molecular complexity index is 1310. The topological polar surface area (TPSA) is 123 Å². The molecule has 0 unspecified atom stereocenters. The van der Waals surface area contributed by atoms with Gasteiger partial charge in [-0.05, 0) is 55.0 Å². The second-order valence-electron chi connectivity index (χ2n) is 8.85. The fourth-order valence-corrected chi connectivity index (χ4v) is 5.07. The van der Waals surface area contributed by atoms with Crippen molar-refractivity contribution in [3.05, 3.63) is 88.8 Å². The smallest absolute Gasteiger partial charge is 0.232 e. The maximum absolute atomic E-state index is 12.2. The van der Waals surface area contributed by atoms with Crippen LogP contribution in [-0.4, -0.2) is 37.2 Å². The number of pyridine rings is 1. The van der Waals surface area contributed by atoms with Gasteiger partial charge in [0.05, 0.1) is 18.5 Å². The first-order valence-corrected chi connectivity index (χ1v) is 12.6. The normalized spacial score (nSPS) is 16.7. The zero-order valence-corrected chi connectivity index (χ0v) is 20.3. The number of aromatic nitrogens is 5. The summed E-state index contributed by atoms with van der Waals surface area (Å²) in [6.07, 6.45) is 4.99. The molecule has 0 aliphatic heterocycles. The van der Waals surface area contributed by atoms with E-state index in [4.69, 9.17) is 0 Å². The van der Waals surface area contributed by atoms with Gasteiger partial charge in [0.25, 0.3) is 0 Å². The lowest BCUT2D eigenvalue weighted by Crippen LogP contribution is -2.24. The Morgan fingerprint density at radius 3 is 2.36 bits per heavy atom. The molecule has 5 rings (SSSR count). The van der Waals surface area contributed by atoms with E-state index in [0.29, 0.717) is 34.9 Å². The van der Waals surface area contributed by atoms with Crippen LogP contribution in [0.3, 0.4) is 0 Å². The lowest BCUT2D eigenvalue weighted by molar-refractivity contribution is -0.116. The number of nitrogens with one attached hydrogen (secondary N) is 2. The predicted octanol–water partition coefficient (Wildman–Crippen LogP) is 3.82. The molecule has 1 aliphatic rings. The molecule has 1 fully saturated rings. The molecule has 2 amide bonds. The lowest BCUT2D eigenvalue weighted by atomic mass is 9.73. The van der Waals surface area contributed by atoms with Gasteiger partial charge in [-0.15, -0.1) is 15.3 Å². The average molecular weight is 500 g/mol. The van der Waals surface area contributed by atoms with Crippen molar-refractivity contribution < 1.29 is 9.59 Å². The third kappa shape index (κ3) is 6.33. The standard InChI is InChI=1S/C26H25N7O2S/c34-23(15-17-6-2-1-3-7-17)28-22-10-9-21(30-31-22)14-18-12-19(13-18)25-32-33-26(36-25)29-24(35)16-20-8-4-5-11-27-20/h1-11,18-19H,12-16H2,(H,28,31,34)(H,29,33,35). The SMILES string of the molecule is O=C(Cc1ccccc1)Nc1ccc(CC2CC(c3nnc(NC(=O)Cc4ccccn4)s3)C2)nn1. The maximum atomic E-state index is 12.2. The molecule has 1 saturated carbocycles. The molecule has 182 valence electrons. The highest BCUT2D eigenvalue weighted by atomic mass is 32.1. The number of hydrogen-bond acceptors (Lipinski definition) is 8. The molecule has 0 spiro atoms. The van der Waals surface area contributed by atoms with E-state index in [1.165, 1.54) is 11.3 Å². The van der Waals surface area contributed by atoms with Crippen molar-refractivity contribution in [3.63, 3.8) is 0 Å². The van der Waals surface area contributed by atoms with Crippen molar-refractivity contribution in [1.82, 2.24) is 25.4 Å². The Labute approximate surface area is 212 Å². The lowest BCUT2D eigenvalue weighted by Gasteiger charge is -2.33. The van der Waals surface area contributed by atoms with Crippen LogP contribution in [0.5, 0.6) is 0 Å². The van der Waals surface area contributed by atoms with E-state index < -0.39 is 0 Å². The molecule has 36 heavy (non-hydrogen) atoms. The van der Waals surface area contributed by atoms with Gasteiger partial charge in [-0.2, -0.15) is 5.10 Å². The van der Waals surface area contributed by atoms with Crippen molar-refractivity contribution in [2.75, 3.05) is 10.6 Å². The Morgan fingerprint density at radius 1 is 0.806 bits per heavy atom. The molecule has 0 saturated heterocycles. The molecule has 9 nitrogen and oxygen atoms in total. The summed E-state index contributed by atoms with van der Waals surface area (Å²) in [5, 5.41) is 23.9. The van der Waals surface area contributed by atoms with Crippen molar-refractivity contribution in [2.24, 2.45) is 5.92 Å². The van der Waals surface area contributed by atoms with Crippen LogP contribution in [0.2, 0.25) is 0 Å². The number of rotatable bonds is 9. The Balaban J connectivity index is 1.05.